The molecule has 0 amide bonds. The van der Waals surface area contributed by atoms with Crippen molar-refractivity contribution < 1.29 is 56.8 Å². The third-order valence-corrected chi connectivity index (χ3v) is 6.69. The number of carbonyl (C=O) groups is 2. The van der Waals surface area contributed by atoms with E-state index in [4.69, 9.17) is 23.5 Å². The monoisotopic (exact) mass is 556 g/mol. The normalized spacial score (nSPS) is 25.0. The minimum Gasteiger partial charge on any atom is -0.462 e. The largest absolute Gasteiger partial charge is 0.462 e. The lowest BCUT2D eigenvalue weighted by Gasteiger charge is -2.40. The quantitative estimate of drug-likeness (QED) is 0.102. The van der Waals surface area contributed by atoms with Crippen molar-refractivity contribution in [1.82, 2.24) is 0 Å². The van der Waals surface area contributed by atoms with E-state index in [2.05, 4.69) is 13.8 Å². The van der Waals surface area contributed by atoms with Crippen LogP contribution in [0.5, 0.6) is 0 Å². The van der Waals surface area contributed by atoms with Crippen LogP contribution in [0.25, 0.3) is 0 Å². The van der Waals surface area contributed by atoms with Gasteiger partial charge in [-0.05, 0) is 12.8 Å². The van der Waals surface area contributed by atoms with Crippen LogP contribution in [-0.2, 0) is 38.7 Å². The van der Waals surface area contributed by atoms with Crippen LogP contribution in [0, 0.1) is 0 Å². The van der Waals surface area contributed by atoms with Crippen LogP contribution in [0.15, 0.2) is 0 Å². The summed E-state index contributed by atoms with van der Waals surface area (Å²) in [6, 6.07) is 0. The van der Waals surface area contributed by atoms with Crippen molar-refractivity contribution >= 4 is 22.1 Å². The van der Waals surface area contributed by atoms with E-state index in [9.17, 15) is 33.3 Å². The first-order valence-electron chi connectivity index (χ1n) is 13.1. The SMILES string of the molecule is CCCCCCCC(=O)O[C@H](COC(=O)CCCCCC)CO[C@@H]1O[C@H](CS(=O)(=O)O)[C@@H](O)[C@H](O)[C@H]1O. The molecule has 0 aliphatic carbocycles. The van der Waals surface area contributed by atoms with Crippen LogP contribution in [0.3, 0.4) is 0 Å². The molecule has 13 heteroatoms. The number of esters is 2. The molecule has 0 spiro atoms. The minimum absolute atomic E-state index is 0.162. The fourth-order valence-corrected chi connectivity index (χ4v) is 4.48. The van der Waals surface area contributed by atoms with Gasteiger partial charge in [0.05, 0.1) is 6.61 Å². The van der Waals surface area contributed by atoms with Gasteiger partial charge < -0.3 is 34.3 Å². The Labute approximate surface area is 219 Å². The van der Waals surface area contributed by atoms with Crippen LogP contribution < -0.4 is 0 Å². The number of aliphatic hydroxyl groups is 3. The number of aliphatic hydroxyl groups excluding tert-OH is 3. The van der Waals surface area contributed by atoms with Crippen molar-refractivity contribution in [2.24, 2.45) is 0 Å². The maximum atomic E-state index is 12.3. The molecule has 6 atom stereocenters. The lowest BCUT2D eigenvalue weighted by molar-refractivity contribution is -0.297. The zero-order valence-corrected chi connectivity index (χ0v) is 22.6. The van der Waals surface area contributed by atoms with Gasteiger partial charge in [0.2, 0.25) is 0 Å². The van der Waals surface area contributed by atoms with Gasteiger partial charge >= 0.3 is 11.9 Å². The molecule has 1 aliphatic rings. The highest BCUT2D eigenvalue weighted by Crippen LogP contribution is 2.23. The summed E-state index contributed by atoms with van der Waals surface area (Å²) in [5.74, 6) is -2.02. The van der Waals surface area contributed by atoms with Gasteiger partial charge in [0.25, 0.3) is 10.1 Å². The Morgan fingerprint density at radius 1 is 0.811 bits per heavy atom. The molecular formula is C24H44O12S. The second-order valence-electron chi connectivity index (χ2n) is 9.37. The van der Waals surface area contributed by atoms with Crippen LogP contribution in [-0.4, -0.2) is 96.0 Å². The molecule has 37 heavy (non-hydrogen) atoms. The second kappa shape index (κ2) is 18.0. The summed E-state index contributed by atoms with van der Waals surface area (Å²) < 4.78 is 52.8. The van der Waals surface area contributed by atoms with E-state index < -0.39 is 71.2 Å². The molecule has 0 radical (unpaired) electrons. The Kier molecular flexibility index (Phi) is 16.4. The third-order valence-electron chi connectivity index (χ3n) is 5.94. The van der Waals surface area contributed by atoms with Crippen molar-refractivity contribution in [1.29, 1.82) is 0 Å². The summed E-state index contributed by atoms with van der Waals surface area (Å²) in [6.07, 6.45) is -1.02. The predicted molar refractivity (Wildman–Crippen MR) is 132 cm³/mol. The van der Waals surface area contributed by atoms with Crippen molar-refractivity contribution in [3.05, 3.63) is 0 Å². The smallest absolute Gasteiger partial charge is 0.306 e. The van der Waals surface area contributed by atoms with Crippen molar-refractivity contribution in [3.8, 4) is 0 Å². The highest BCUT2D eigenvalue weighted by atomic mass is 32.2. The second-order valence-corrected chi connectivity index (χ2v) is 10.9. The average Bonchev–Trinajstić information content (AvgIpc) is 2.83. The van der Waals surface area contributed by atoms with Gasteiger partial charge in [0, 0.05) is 12.8 Å². The topological polar surface area (TPSA) is 186 Å². The molecule has 1 rings (SSSR count). The molecule has 4 N–H and O–H groups in total. The highest BCUT2D eigenvalue weighted by molar-refractivity contribution is 7.85. The maximum absolute atomic E-state index is 12.3. The fourth-order valence-electron chi connectivity index (χ4n) is 3.79. The molecule has 1 aliphatic heterocycles. The summed E-state index contributed by atoms with van der Waals surface area (Å²) in [5.41, 5.74) is 0. The van der Waals surface area contributed by atoms with Gasteiger partial charge in [-0.1, -0.05) is 58.8 Å². The first-order chi connectivity index (χ1) is 17.5. The number of rotatable bonds is 19. The molecule has 0 aromatic carbocycles. The van der Waals surface area contributed by atoms with Gasteiger partial charge in [0.1, 0.15) is 36.8 Å². The van der Waals surface area contributed by atoms with E-state index in [1.807, 2.05) is 0 Å². The molecule has 1 fully saturated rings. The Morgan fingerprint density at radius 3 is 1.97 bits per heavy atom. The van der Waals surface area contributed by atoms with Gasteiger partial charge in [0.15, 0.2) is 12.4 Å². The van der Waals surface area contributed by atoms with Crippen LogP contribution in [0.1, 0.15) is 84.5 Å². The Balaban J connectivity index is 2.72. The lowest BCUT2D eigenvalue weighted by Crippen LogP contribution is -2.60. The molecule has 0 saturated carbocycles. The molecule has 0 bridgehead atoms. The molecule has 218 valence electrons. The van der Waals surface area contributed by atoms with E-state index >= 15 is 0 Å². The van der Waals surface area contributed by atoms with Gasteiger partial charge in [-0.15, -0.1) is 0 Å². The zero-order chi connectivity index (χ0) is 27.8. The summed E-state index contributed by atoms with van der Waals surface area (Å²) in [6.45, 7) is 3.42. The van der Waals surface area contributed by atoms with E-state index in [1.165, 1.54) is 0 Å². The summed E-state index contributed by atoms with van der Waals surface area (Å²) in [4.78, 5) is 24.4. The summed E-state index contributed by atoms with van der Waals surface area (Å²) >= 11 is 0. The fraction of sp³-hybridized carbons (Fsp3) is 0.917. The lowest BCUT2D eigenvalue weighted by atomic mass is 10.00. The first-order valence-corrected chi connectivity index (χ1v) is 14.7. The average molecular weight is 557 g/mol. The van der Waals surface area contributed by atoms with Gasteiger partial charge in [-0.25, -0.2) is 0 Å². The standard InChI is InChI=1S/C24H44O12S/c1-3-5-7-9-11-13-20(26)35-17(14-33-19(25)12-10-8-6-4-2)15-34-24-23(29)22(28)21(27)18(36-24)16-37(30,31)32/h17-18,21-24,27-29H,3-16H2,1-2H3,(H,30,31,32)/t17-,18-,21-,22+,23-,24-/m1/s1. The van der Waals surface area contributed by atoms with E-state index in [0.717, 1.165) is 44.9 Å². The Hall–Kier alpha value is -1.35. The van der Waals surface area contributed by atoms with Crippen LogP contribution >= 0.6 is 0 Å². The highest BCUT2D eigenvalue weighted by Gasteiger charge is 2.46. The van der Waals surface area contributed by atoms with Crippen molar-refractivity contribution in [3.63, 3.8) is 0 Å². The zero-order valence-electron chi connectivity index (χ0n) is 21.8. The van der Waals surface area contributed by atoms with Crippen molar-refractivity contribution in [2.45, 2.75) is 121 Å². The molecule has 12 nitrogen and oxygen atoms in total. The molecule has 1 heterocycles. The summed E-state index contributed by atoms with van der Waals surface area (Å²) in [5, 5.41) is 30.2. The van der Waals surface area contributed by atoms with Crippen LogP contribution in [0.2, 0.25) is 0 Å². The van der Waals surface area contributed by atoms with E-state index in [1.54, 1.807) is 0 Å². The molecule has 0 aromatic rings. The van der Waals surface area contributed by atoms with Gasteiger partial charge in [-0.2, -0.15) is 8.42 Å². The Morgan fingerprint density at radius 2 is 1.38 bits per heavy atom. The first kappa shape index (κ1) is 33.7. The number of hydrogen-bond donors (Lipinski definition) is 4. The van der Waals surface area contributed by atoms with E-state index in [-0.39, 0.29) is 19.4 Å². The maximum Gasteiger partial charge on any atom is 0.306 e. The number of hydrogen-bond acceptors (Lipinski definition) is 11. The number of ether oxygens (including phenoxy) is 4. The van der Waals surface area contributed by atoms with E-state index in [0.29, 0.717) is 12.8 Å². The minimum atomic E-state index is -4.57. The van der Waals surface area contributed by atoms with Gasteiger partial charge in [-0.3, -0.25) is 14.1 Å². The van der Waals surface area contributed by atoms with Crippen LogP contribution in [0.4, 0.5) is 0 Å². The predicted octanol–water partition coefficient (Wildman–Crippen LogP) is 1.48. The third kappa shape index (κ3) is 14.4. The molecular weight excluding hydrogens is 512 g/mol. The Bertz CT molecular complexity index is 759. The summed E-state index contributed by atoms with van der Waals surface area (Å²) in [7, 11) is -4.57. The number of unbranched alkanes of at least 4 members (excludes halogenated alkanes) is 7. The molecule has 0 unspecified atom stereocenters. The molecule has 0 aromatic heterocycles. The van der Waals surface area contributed by atoms with Crippen molar-refractivity contribution in [2.75, 3.05) is 19.0 Å². The molecule has 1 saturated heterocycles. The number of carbonyl (C=O) groups excluding carboxylic acids is 2.